The molecule has 0 amide bonds. The quantitative estimate of drug-likeness (QED) is 0.712. The van der Waals surface area contributed by atoms with E-state index in [-0.39, 0.29) is 17.0 Å². The molecule has 164 valence electrons. The highest BCUT2D eigenvalue weighted by molar-refractivity contribution is 7.89. The van der Waals surface area contributed by atoms with E-state index in [4.69, 9.17) is 0 Å². The molecular weight excluding hydrogens is 412 g/mol. The predicted octanol–water partition coefficient (Wildman–Crippen LogP) is 2.01. The van der Waals surface area contributed by atoms with Crippen molar-refractivity contribution in [3.05, 3.63) is 53.7 Å². The Kier molecular flexibility index (Phi) is 7.02. The summed E-state index contributed by atoms with van der Waals surface area (Å²) in [5.41, 5.74) is -0.0238. The molecule has 0 aliphatic carbocycles. The Bertz CT molecular complexity index is 941. The lowest BCUT2D eigenvalue weighted by Crippen LogP contribution is -2.47. The van der Waals surface area contributed by atoms with Gasteiger partial charge in [-0.05, 0) is 45.4 Å². The third-order valence-electron chi connectivity index (χ3n) is 5.27. The van der Waals surface area contributed by atoms with Gasteiger partial charge < -0.3 is 15.1 Å². The fourth-order valence-electron chi connectivity index (χ4n) is 3.39. The van der Waals surface area contributed by atoms with Crippen LogP contribution in [0.25, 0.3) is 0 Å². The first-order valence-corrected chi connectivity index (χ1v) is 11.1. The molecule has 10 heteroatoms. The summed E-state index contributed by atoms with van der Waals surface area (Å²) in [6.07, 6.45) is 1.31. The summed E-state index contributed by atoms with van der Waals surface area (Å²) in [5.74, 6) is -0.801. The molecule has 1 N–H and O–H groups in total. The van der Waals surface area contributed by atoms with Gasteiger partial charge in [0.25, 0.3) is 0 Å². The highest BCUT2D eigenvalue weighted by Gasteiger charge is 2.28. The average Bonchev–Trinajstić information content (AvgIpc) is 2.70. The van der Waals surface area contributed by atoms with Crippen molar-refractivity contribution in [3.63, 3.8) is 0 Å². The summed E-state index contributed by atoms with van der Waals surface area (Å²) in [4.78, 5) is 8.11. The first kappa shape index (κ1) is 22.5. The minimum atomic E-state index is -3.59. The Morgan fingerprint density at radius 3 is 2.27 bits per heavy atom. The van der Waals surface area contributed by atoms with Crippen LogP contribution < -0.4 is 5.32 Å². The van der Waals surface area contributed by atoms with Crippen LogP contribution >= 0.6 is 0 Å². The van der Waals surface area contributed by atoms with E-state index in [0.717, 1.165) is 0 Å². The lowest BCUT2D eigenvalue weighted by molar-refractivity contribution is 0.222. The van der Waals surface area contributed by atoms with Crippen LogP contribution in [0.4, 0.5) is 14.6 Å². The van der Waals surface area contributed by atoms with E-state index in [1.165, 1.54) is 34.8 Å². The van der Waals surface area contributed by atoms with Crippen LogP contribution in [0.3, 0.4) is 0 Å². The van der Waals surface area contributed by atoms with E-state index in [9.17, 15) is 17.2 Å². The number of sulfonamides is 1. The third-order valence-corrected chi connectivity index (χ3v) is 7.15. The maximum atomic E-state index is 14.2. The normalized spacial score (nSPS) is 17.3. The molecule has 0 radical (unpaired) electrons. The van der Waals surface area contributed by atoms with Gasteiger partial charge in [-0.2, -0.15) is 4.31 Å². The second kappa shape index (κ2) is 9.34. The standard InChI is InChI=1S/C20H27F2N5O2S/c1-25(2)18(20-16(21)5-4-6-17(20)22)14-24-19-8-7-15(13-23-19)30(28,29)27-11-9-26(3)10-12-27/h4-8,13,18H,9-12,14H2,1-3H3,(H,23,24). The number of rotatable bonds is 7. The van der Waals surface area contributed by atoms with Gasteiger partial charge in [0.15, 0.2) is 0 Å². The number of benzene rings is 1. The number of nitrogens with zero attached hydrogens (tertiary/aromatic N) is 4. The van der Waals surface area contributed by atoms with Crippen molar-refractivity contribution in [2.24, 2.45) is 0 Å². The molecular formula is C20H27F2N5O2S. The van der Waals surface area contributed by atoms with E-state index in [2.05, 4.69) is 15.2 Å². The van der Waals surface area contributed by atoms with Crippen LogP contribution in [0.1, 0.15) is 11.6 Å². The molecule has 2 aromatic rings. The number of piperazine rings is 1. The van der Waals surface area contributed by atoms with Crippen molar-refractivity contribution >= 4 is 15.8 Å². The van der Waals surface area contributed by atoms with Gasteiger partial charge in [0.1, 0.15) is 22.3 Å². The molecule has 0 saturated carbocycles. The zero-order valence-electron chi connectivity index (χ0n) is 17.3. The lowest BCUT2D eigenvalue weighted by Gasteiger charge is -2.31. The number of hydrogen-bond donors (Lipinski definition) is 1. The maximum absolute atomic E-state index is 14.2. The molecule has 0 spiro atoms. The van der Waals surface area contributed by atoms with E-state index in [0.29, 0.717) is 32.0 Å². The number of nitrogens with one attached hydrogen (secondary N) is 1. The number of pyridine rings is 1. The first-order valence-electron chi connectivity index (χ1n) is 9.69. The minimum Gasteiger partial charge on any atom is -0.368 e. The topological polar surface area (TPSA) is 68.8 Å². The smallest absolute Gasteiger partial charge is 0.244 e. The Morgan fingerprint density at radius 2 is 1.73 bits per heavy atom. The van der Waals surface area contributed by atoms with Gasteiger partial charge in [0.2, 0.25) is 10.0 Å². The highest BCUT2D eigenvalue weighted by atomic mass is 32.2. The van der Waals surface area contributed by atoms with Crippen molar-refractivity contribution in [2.45, 2.75) is 10.9 Å². The molecule has 1 saturated heterocycles. The molecule has 2 heterocycles. The van der Waals surface area contributed by atoms with Crippen molar-refractivity contribution in [3.8, 4) is 0 Å². The summed E-state index contributed by atoms with van der Waals surface area (Å²) >= 11 is 0. The molecule has 7 nitrogen and oxygen atoms in total. The van der Waals surface area contributed by atoms with Crippen LogP contribution in [0.2, 0.25) is 0 Å². The van der Waals surface area contributed by atoms with Gasteiger partial charge in [-0.25, -0.2) is 22.2 Å². The molecule has 1 atom stereocenters. The van der Waals surface area contributed by atoms with Crippen molar-refractivity contribution in [1.82, 2.24) is 19.1 Å². The summed E-state index contributed by atoms with van der Waals surface area (Å²) < 4.78 is 55.4. The Labute approximate surface area is 176 Å². The molecule has 30 heavy (non-hydrogen) atoms. The molecule has 0 bridgehead atoms. The highest BCUT2D eigenvalue weighted by Crippen LogP contribution is 2.25. The summed E-state index contributed by atoms with van der Waals surface area (Å²) in [5, 5.41) is 3.04. The van der Waals surface area contributed by atoms with Crippen molar-refractivity contribution in [2.75, 3.05) is 59.2 Å². The number of aromatic nitrogens is 1. The molecule has 1 aliphatic rings. The largest absolute Gasteiger partial charge is 0.368 e. The van der Waals surface area contributed by atoms with E-state index >= 15 is 0 Å². The molecule has 1 aliphatic heterocycles. The van der Waals surface area contributed by atoms with E-state index in [1.54, 1.807) is 25.1 Å². The maximum Gasteiger partial charge on any atom is 0.244 e. The second-order valence-corrected chi connectivity index (χ2v) is 9.52. The van der Waals surface area contributed by atoms with Crippen molar-refractivity contribution < 1.29 is 17.2 Å². The first-order chi connectivity index (χ1) is 14.2. The lowest BCUT2D eigenvalue weighted by atomic mass is 10.0. The summed E-state index contributed by atoms with van der Waals surface area (Å²) in [7, 11) is 1.83. The molecule has 1 unspecified atom stereocenters. The van der Waals surface area contributed by atoms with Crippen molar-refractivity contribution in [1.29, 1.82) is 0 Å². The van der Waals surface area contributed by atoms with Gasteiger partial charge in [-0.1, -0.05) is 6.07 Å². The third kappa shape index (κ3) is 4.94. The number of halogens is 2. The number of likely N-dealkylation sites (N-methyl/N-ethyl adjacent to an activating group) is 2. The monoisotopic (exact) mass is 439 g/mol. The Morgan fingerprint density at radius 1 is 1.10 bits per heavy atom. The SMILES string of the molecule is CN1CCN(S(=O)(=O)c2ccc(NCC(c3c(F)cccc3F)N(C)C)nc2)CC1. The van der Waals surface area contributed by atoms with E-state index in [1.807, 2.05) is 7.05 Å². The van der Waals surface area contributed by atoms with Gasteiger partial charge in [0, 0.05) is 44.5 Å². The zero-order chi connectivity index (χ0) is 21.9. The fraction of sp³-hybridized carbons (Fsp3) is 0.450. The molecule has 1 aromatic carbocycles. The molecule has 1 aromatic heterocycles. The Hall–Kier alpha value is -2.14. The summed E-state index contributed by atoms with van der Waals surface area (Å²) in [6, 6.07) is 6.28. The minimum absolute atomic E-state index is 0.0238. The van der Waals surface area contributed by atoms with Crippen LogP contribution in [-0.2, 0) is 10.0 Å². The number of hydrogen-bond acceptors (Lipinski definition) is 6. The number of anilines is 1. The fourth-order valence-corrected chi connectivity index (χ4v) is 4.76. The van der Waals surface area contributed by atoms with Crippen LogP contribution in [0, 0.1) is 11.6 Å². The van der Waals surface area contributed by atoms with E-state index < -0.39 is 27.7 Å². The average molecular weight is 440 g/mol. The van der Waals surface area contributed by atoms with Crippen LogP contribution in [0.15, 0.2) is 41.4 Å². The van der Waals surface area contributed by atoms with Gasteiger partial charge in [-0.3, -0.25) is 0 Å². The zero-order valence-corrected chi connectivity index (χ0v) is 18.2. The second-order valence-electron chi connectivity index (χ2n) is 7.58. The van der Waals surface area contributed by atoms with Gasteiger partial charge in [0.05, 0.1) is 6.04 Å². The predicted molar refractivity (Wildman–Crippen MR) is 112 cm³/mol. The Balaban J connectivity index is 1.70. The van der Waals surface area contributed by atoms with Crippen LogP contribution in [-0.4, -0.2) is 81.4 Å². The van der Waals surface area contributed by atoms with Crippen LogP contribution in [0.5, 0.6) is 0 Å². The van der Waals surface area contributed by atoms with Gasteiger partial charge in [-0.15, -0.1) is 0 Å². The summed E-state index contributed by atoms with van der Waals surface area (Å²) in [6.45, 7) is 2.45. The molecule has 1 fully saturated rings. The molecule has 3 rings (SSSR count). The van der Waals surface area contributed by atoms with Gasteiger partial charge >= 0.3 is 0 Å².